The van der Waals surface area contributed by atoms with E-state index in [0.29, 0.717) is 18.5 Å². The van der Waals surface area contributed by atoms with Crippen molar-refractivity contribution in [1.82, 2.24) is 19.5 Å². The first-order valence-corrected chi connectivity index (χ1v) is 14.8. The quantitative estimate of drug-likeness (QED) is 0.133. The van der Waals surface area contributed by atoms with Crippen LogP contribution in [0.25, 0.3) is 16.9 Å². The molecule has 17 heteroatoms. The second-order valence-electron chi connectivity index (χ2n) is 9.68. The summed E-state index contributed by atoms with van der Waals surface area (Å²) < 4.78 is 78.7. The van der Waals surface area contributed by atoms with Gasteiger partial charge in [-0.05, 0) is 48.9 Å². The summed E-state index contributed by atoms with van der Waals surface area (Å²) in [5, 5.41) is 12.4. The lowest BCUT2D eigenvalue weighted by atomic mass is 10.1. The number of nitrogens with zero attached hydrogens (tertiary/aromatic N) is 5. The minimum Gasteiger partial charge on any atom is -0.447 e. The standard InChI is InChI=1S/C27H29F3N6O7S/c1-4-25(37)42-18(3)43-34-33-35-14-13-21(35)16-41-26(38)32-44(39,40)22-11-9-20(10-12-22)36-23(15-24(31-36)27(28,29)30)19-7-5-17(2)6-8-19/h5-12,15,18,21H,4,13-14,16H2,1-3H3,(H,32,38)/t18?,21-/m0/s1. The number of amides is 1. The highest BCUT2D eigenvalue weighted by Gasteiger charge is 2.35. The number of halogens is 3. The lowest BCUT2D eigenvalue weighted by Crippen LogP contribution is -2.47. The molecule has 0 aliphatic carbocycles. The van der Waals surface area contributed by atoms with Gasteiger partial charge in [0.25, 0.3) is 16.3 Å². The Morgan fingerprint density at radius 2 is 1.82 bits per heavy atom. The Balaban J connectivity index is 1.37. The molecule has 0 spiro atoms. The van der Waals surface area contributed by atoms with Gasteiger partial charge in [0, 0.05) is 30.7 Å². The Labute approximate surface area is 250 Å². The normalized spacial score (nSPS) is 15.9. The maximum Gasteiger partial charge on any atom is 0.435 e. The Kier molecular flexibility index (Phi) is 9.76. The van der Waals surface area contributed by atoms with E-state index < -0.39 is 40.2 Å². The summed E-state index contributed by atoms with van der Waals surface area (Å²) in [4.78, 5) is 28.1. The van der Waals surface area contributed by atoms with E-state index in [9.17, 15) is 31.2 Å². The van der Waals surface area contributed by atoms with Gasteiger partial charge in [0.1, 0.15) is 6.61 Å². The lowest BCUT2D eigenvalue weighted by molar-refractivity contribution is -0.178. The molecule has 1 aromatic heterocycles. The van der Waals surface area contributed by atoms with Crippen molar-refractivity contribution in [3.05, 3.63) is 65.9 Å². The average Bonchev–Trinajstić information content (AvgIpc) is 3.41. The number of ether oxygens (including phenoxy) is 2. The molecule has 236 valence electrons. The van der Waals surface area contributed by atoms with Gasteiger partial charge in [-0.3, -0.25) is 9.80 Å². The number of carbonyl (C=O) groups is 2. The smallest absolute Gasteiger partial charge is 0.435 e. The summed E-state index contributed by atoms with van der Waals surface area (Å²) in [6.45, 7) is 5.20. The van der Waals surface area contributed by atoms with Crippen LogP contribution in [-0.2, 0) is 35.3 Å². The number of aryl methyl sites for hydroxylation is 1. The highest BCUT2D eigenvalue weighted by Crippen LogP contribution is 2.33. The van der Waals surface area contributed by atoms with Crippen LogP contribution < -0.4 is 4.72 Å². The first kappa shape index (κ1) is 32.2. The number of hydrogen-bond donors (Lipinski definition) is 1. The van der Waals surface area contributed by atoms with Crippen molar-refractivity contribution in [2.24, 2.45) is 10.5 Å². The highest BCUT2D eigenvalue weighted by atomic mass is 32.2. The third kappa shape index (κ3) is 8.03. The van der Waals surface area contributed by atoms with Crippen LogP contribution in [0.15, 0.2) is 70.0 Å². The molecule has 1 aliphatic rings. The zero-order valence-electron chi connectivity index (χ0n) is 23.8. The number of nitrogens with one attached hydrogen (secondary N) is 1. The molecule has 0 bridgehead atoms. The van der Waals surface area contributed by atoms with Crippen molar-refractivity contribution in [2.45, 2.75) is 57.0 Å². The van der Waals surface area contributed by atoms with Crippen molar-refractivity contribution in [3.8, 4) is 16.9 Å². The molecule has 1 amide bonds. The molecule has 2 aromatic carbocycles. The molecule has 1 fully saturated rings. The Hall–Kier alpha value is -4.67. The fraction of sp³-hybridized carbons (Fsp3) is 0.370. The number of rotatable bonds is 11. The van der Waals surface area contributed by atoms with E-state index in [4.69, 9.17) is 14.3 Å². The first-order chi connectivity index (χ1) is 20.8. The van der Waals surface area contributed by atoms with Gasteiger partial charge in [0.05, 0.1) is 22.3 Å². The summed E-state index contributed by atoms with van der Waals surface area (Å²) in [6.07, 6.45) is -6.13. The maximum atomic E-state index is 13.5. The van der Waals surface area contributed by atoms with Gasteiger partial charge < -0.3 is 14.3 Å². The van der Waals surface area contributed by atoms with Gasteiger partial charge in [-0.1, -0.05) is 36.8 Å². The molecule has 3 aromatic rings. The van der Waals surface area contributed by atoms with Crippen molar-refractivity contribution in [2.75, 3.05) is 13.2 Å². The fourth-order valence-corrected chi connectivity index (χ4v) is 4.81. The largest absolute Gasteiger partial charge is 0.447 e. The van der Waals surface area contributed by atoms with Crippen LogP contribution in [0.5, 0.6) is 0 Å². The van der Waals surface area contributed by atoms with E-state index in [0.717, 1.165) is 28.4 Å². The van der Waals surface area contributed by atoms with E-state index in [1.807, 2.05) is 6.92 Å². The van der Waals surface area contributed by atoms with E-state index in [1.54, 1.807) is 35.9 Å². The number of sulfonamides is 1. The van der Waals surface area contributed by atoms with Gasteiger partial charge in [0.15, 0.2) is 5.69 Å². The van der Waals surface area contributed by atoms with E-state index in [1.165, 1.54) is 24.1 Å². The summed E-state index contributed by atoms with van der Waals surface area (Å²) in [6, 6.07) is 12.1. The van der Waals surface area contributed by atoms with Crippen molar-refractivity contribution < 1.29 is 45.5 Å². The minimum absolute atomic E-state index is 0.153. The van der Waals surface area contributed by atoms with Crippen LogP contribution >= 0.6 is 0 Å². The first-order valence-electron chi connectivity index (χ1n) is 13.3. The summed E-state index contributed by atoms with van der Waals surface area (Å²) >= 11 is 0. The molecule has 13 nitrogen and oxygen atoms in total. The fourth-order valence-electron chi connectivity index (χ4n) is 3.92. The average molecular weight is 639 g/mol. The molecule has 0 radical (unpaired) electrons. The second kappa shape index (κ2) is 13.3. The van der Waals surface area contributed by atoms with Gasteiger partial charge in [-0.2, -0.15) is 18.3 Å². The number of carbonyl (C=O) groups excluding carboxylic acids is 2. The monoisotopic (exact) mass is 638 g/mol. The molecule has 0 saturated carbocycles. The summed E-state index contributed by atoms with van der Waals surface area (Å²) in [5.74, 6) is -0.468. The number of alkyl halides is 3. The summed E-state index contributed by atoms with van der Waals surface area (Å²) in [7, 11) is -4.38. The lowest BCUT2D eigenvalue weighted by Gasteiger charge is -2.36. The van der Waals surface area contributed by atoms with Gasteiger partial charge in [-0.25, -0.2) is 22.6 Å². The maximum absolute atomic E-state index is 13.5. The molecule has 1 saturated heterocycles. The van der Waals surface area contributed by atoms with E-state index in [2.05, 4.69) is 15.6 Å². The molecule has 44 heavy (non-hydrogen) atoms. The van der Waals surface area contributed by atoms with Gasteiger partial charge >= 0.3 is 18.2 Å². The topological polar surface area (TPSA) is 154 Å². The van der Waals surface area contributed by atoms with Crippen LogP contribution in [-0.4, -0.2) is 60.8 Å². The molecule has 1 N–H and O–H groups in total. The van der Waals surface area contributed by atoms with Crippen LogP contribution in [0.4, 0.5) is 18.0 Å². The third-order valence-corrected chi connectivity index (χ3v) is 7.74. The minimum atomic E-state index is -4.70. The van der Waals surface area contributed by atoms with Crippen molar-refractivity contribution in [3.63, 3.8) is 0 Å². The molecular formula is C27H29F3N6O7S. The number of esters is 1. The SMILES string of the molecule is CCC(=O)OC(C)ON=NN1CC[C@H]1COC(=O)NS(=O)(=O)c1ccc(-n2nc(C(F)(F)F)cc2-c2ccc(C)cc2)cc1. The van der Waals surface area contributed by atoms with Crippen molar-refractivity contribution >= 4 is 22.1 Å². The Morgan fingerprint density at radius 3 is 2.41 bits per heavy atom. The zero-order valence-corrected chi connectivity index (χ0v) is 24.6. The second-order valence-corrected chi connectivity index (χ2v) is 11.4. The number of benzene rings is 2. The van der Waals surface area contributed by atoms with Crippen LogP contribution in [0.1, 0.15) is 37.9 Å². The number of aromatic nitrogens is 2. The highest BCUT2D eigenvalue weighted by molar-refractivity contribution is 7.90. The zero-order chi connectivity index (χ0) is 32.1. The predicted molar refractivity (Wildman–Crippen MR) is 147 cm³/mol. The van der Waals surface area contributed by atoms with E-state index in [-0.39, 0.29) is 35.3 Å². The molecular weight excluding hydrogens is 609 g/mol. The summed E-state index contributed by atoms with van der Waals surface area (Å²) in [5.41, 5.74) is 0.601. The van der Waals surface area contributed by atoms with Crippen LogP contribution in [0.2, 0.25) is 0 Å². The van der Waals surface area contributed by atoms with E-state index >= 15 is 0 Å². The Bertz CT molecular complexity index is 1610. The van der Waals surface area contributed by atoms with Gasteiger partial charge in [0.2, 0.25) is 0 Å². The van der Waals surface area contributed by atoms with Crippen molar-refractivity contribution in [1.29, 1.82) is 0 Å². The predicted octanol–water partition coefficient (Wildman–Crippen LogP) is 4.95. The van der Waals surface area contributed by atoms with Gasteiger partial charge in [-0.15, -0.1) is 0 Å². The molecule has 1 unspecified atom stereocenters. The van der Waals surface area contributed by atoms with Crippen LogP contribution in [0.3, 0.4) is 0 Å². The van der Waals surface area contributed by atoms with Crippen LogP contribution in [0, 0.1) is 6.92 Å². The molecule has 2 heterocycles. The molecule has 4 rings (SSSR count). The molecule has 2 atom stereocenters. The number of hydrogen-bond acceptors (Lipinski definition) is 10. The molecule has 1 aliphatic heterocycles. The Morgan fingerprint density at radius 1 is 1.14 bits per heavy atom. The third-order valence-electron chi connectivity index (χ3n) is 6.41.